The molecule has 0 fully saturated rings. The molecule has 2 aromatic carbocycles. The Morgan fingerprint density at radius 3 is 2.43 bits per heavy atom. The van der Waals surface area contributed by atoms with Gasteiger partial charge in [0.15, 0.2) is 11.6 Å². The van der Waals surface area contributed by atoms with E-state index in [1.807, 2.05) is 0 Å². The third-order valence-electron chi connectivity index (χ3n) is 4.12. The zero-order valence-electron chi connectivity index (χ0n) is 14.5. The van der Waals surface area contributed by atoms with Gasteiger partial charge in [-0.2, -0.15) is 13.2 Å². The minimum Gasteiger partial charge on any atom is -0.339 e. The summed E-state index contributed by atoms with van der Waals surface area (Å²) in [5, 5.41) is 2.92. The van der Waals surface area contributed by atoms with E-state index in [4.69, 9.17) is 0 Å². The van der Waals surface area contributed by atoms with Crippen LogP contribution in [0.3, 0.4) is 0 Å². The van der Waals surface area contributed by atoms with Gasteiger partial charge in [0, 0.05) is 11.8 Å². The van der Waals surface area contributed by atoms with Crippen LogP contribution in [0.4, 0.5) is 29.1 Å². The number of halogens is 4. The lowest BCUT2D eigenvalue weighted by Crippen LogP contribution is -2.05. The monoisotopic (exact) mass is 387 g/mol. The molecule has 0 unspecified atom stereocenters. The minimum atomic E-state index is -4.40. The van der Waals surface area contributed by atoms with E-state index >= 15 is 0 Å². The number of benzene rings is 2. The van der Waals surface area contributed by atoms with Crippen LogP contribution in [0, 0.1) is 12.7 Å². The van der Waals surface area contributed by atoms with Gasteiger partial charge in [-0.25, -0.2) is 14.4 Å². The Labute approximate surface area is 156 Å². The molecule has 4 rings (SSSR count). The lowest BCUT2D eigenvalue weighted by Gasteiger charge is -2.11. The minimum absolute atomic E-state index is 0.329. The first-order valence-electron chi connectivity index (χ1n) is 8.22. The summed E-state index contributed by atoms with van der Waals surface area (Å²) < 4.78 is 53.3. The van der Waals surface area contributed by atoms with Crippen LogP contribution >= 0.6 is 0 Å². The van der Waals surface area contributed by atoms with Gasteiger partial charge < -0.3 is 5.32 Å². The zero-order chi connectivity index (χ0) is 19.9. The Morgan fingerprint density at radius 2 is 1.71 bits per heavy atom. The van der Waals surface area contributed by atoms with E-state index in [1.54, 1.807) is 17.6 Å². The van der Waals surface area contributed by atoms with Crippen molar-refractivity contribution in [1.29, 1.82) is 0 Å². The van der Waals surface area contributed by atoms with E-state index in [0.717, 1.165) is 12.1 Å². The predicted molar refractivity (Wildman–Crippen MR) is 96.1 cm³/mol. The molecule has 0 radical (unpaired) electrons. The van der Waals surface area contributed by atoms with E-state index < -0.39 is 17.6 Å². The fourth-order valence-electron chi connectivity index (χ4n) is 2.87. The molecule has 0 saturated carbocycles. The standard InChI is InChI=1S/C19H13F4N5/c1-11-25-15-7-4-13(20)8-16(15)28(11)18-10-24-9-17(27-18)26-14-5-2-12(3-6-14)19(21,22)23/h2-10H,1H3,(H,26,27). The van der Waals surface area contributed by atoms with Crippen molar-refractivity contribution < 1.29 is 17.6 Å². The summed E-state index contributed by atoms with van der Waals surface area (Å²) in [5.74, 6) is 0.930. The molecule has 0 aliphatic carbocycles. The number of aromatic nitrogens is 4. The number of hydrogen-bond donors (Lipinski definition) is 1. The van der Waals surface area contributed by atoms with Crippen LogP contribution in [-0.2, 0) is 6.18 Å². The van der Waals surface area contributed by atoms with E-state index in [-0.39, 0.29) is 0 Å². The molecular formula is C19H13F4N5. The average Bonchev–Trinajstić information content (AvgIpc) is 2.96. The maximum absolute atomic E-state index is 13.7. The Bertz CT molecular complexity index is 1150. The van der Waals surface area contributed by atoms with Crippen molar-refractivity contribution in [3.8, 4) is 5.82 Å². The first kappa shape index (κ1) is 17.9. The summed E-state index contributed by atoms with van der Waals surface area (Å²) in [6.45, 7) is 1.76. The number of rotatable bonds is 3. The Balaban J connectivity index is 1.67. The molecule has 0 atom stereocenters. The van der Waals surface area contributed by atoms with Crippen LogP contribution < -0.4 is 5.32 Å². The van der Waals surface area contributed by atoms with Crippen molar-refractivity contribution in [2.45, 2.75) is 13.1 Å². The molecule has 9 heteroatoms. The number of nitrogens with one attached hydrogen (secondary N) is 1. The fourth-order valence-corrected chi connectivity index (χ4v) is 2.87. The van der Waals surface area contributed by atoms with Gasteiger partial charge in [-0.05, 0) is 43.3 Å². The van der Waals surface area contributed by atoms with Gasteiger partial charge in [0.1, 0.15) is 11.6 Å². The third kappa shape index (κ3) is 3.38. The van der Waals surface area contributed by atoms with Crippen molar-refractivity contribution in [2.75, 3.05) is 5.32 Å². The molecule has 2 aromatic heterocycles. The van der Waals surface area contributed by atoms with Gasteiger partial charge in [-0.3, -0.25) is 9.55 Å². The van der Waals surface area contributed by atoms with Crippen molar-refractivity contribution >= 4 is 22.5 Å². The molecule has 4 aromatic rings. The number of nitrogens with zero attached hydrogens (tertiary/aromatic N) is 4. The van der Waals surface area contributed by atoms with Crippen LogP contribution in [0.25, 0.3) is 16.9 Å². The van der Waals surface area contributed by atoms with Crippen molar-refractivity contribution in [1.82, 2.24) is 19.5 Å². The van der Waals surface area contributed by atoms with Gasteiger partial charge in [0.25, 0.3) is 0 Å². The van der Waals surface area contributed by atoms with Crippen molar-refractivity contribution in [2.24, 2.45) is 0 Å². The van der Waals surface area contributed by atoms with Crippen LogP contribution in [0.2, 0.25) is 0 Å². The SMILES string of the molecule is Cc1nc2ccc(F)cc2n1-c1cncc(Nc2ccc(C(F)(F)F)cc2)n1. The highest BCUT2D eigenvalue weighted by Crippen LogP contribution is 2.30. The first-order valence-corrected chi connectivity index (χ1v) is 8.22. The number of hydrogen-bond acceptors (Lipinski definition) is 4. The smallest absolute Gasteiger partial charge is 0.339 e. The van der Waals surface area contributed by atoms with Crippen molar-refractivity contribution in [3.63, 3.8) is 0 Å². The summed E-state index contributed by atoms with van der Waals surface area (Å²) in [6.07, 6.45) is -1.46. The van der Waals surface area contributed by atoms with Crippen molar-refractivity contribution in [3.05, 3.63) is 72.1 Å². The van der Waals surface area contributed by atoms with Gasteiger partial charge in [-0.15, -0.1) is 0 Å². The van der Waals surface area contributed by atoms with Crippen LogP contribution in [-0.4, -0.2) is 19.5 Å². The number of anilines is 2. The number of alkyl halides is 3. The molecule has 0 saturated heterocycles. The summed E-state index contributed by atoms with van der Waals surface area (Å²) in [7, 11) is 0. The molecule has 142 valence electrons. The fraction of sp³-hybridized carbons (Fsp3) is 0.105. The van der Waals surface area contributed by atoms with E-state index in [0.29, 0.717) is 34.2 Å². The van der Waals surface area contributed by atoms with Gasteiger partial charge >= 0.3 is 6.18 Å². The van der Waals surface area contributed by atoms with E-state index in [2.05, 4.69) is 20.3 Å². The van der Waals surface area contributed by atoms with Gasteiger partial charge in [0.05, 0.1) is 29.0 Å². The third-order valence-corrected chi connectivity index (χ3v) is 4.12. The van der Waals surface area contributed by atoms with E-state index in [9.17, 15) is 17.6 Å². The maximum atomic E-state index is 13.7. The highest BCUT2D eigenvalue weighted by molar-refractivity contribution is 5.78. The normalized spacial score (nSPS) is 11.8. The van der Waals surface area contributed by atoms with Gasteiger partial charge in [0.2, 0.25) is 0 Å². The summed E-state index contributed by atoms with van der Waals surface area (Å²) in [4.78, 5) is 12.9. The van der Waals surface area contributed by atoms with E-state index in [1.165, 1.54) is 36.7 Å². The summed E-state index contributed by atoms with van der Waals surface area (Å²) >= 11 is 0. The molecule has 5 nitrogen and oxygen atoms in total. The van der Waals surface area contributed by atoms with Gasteiger partial charge in [-0.1, -0.05) is 0 Å². The molecule has 0 aliphatic heterocycles. The highest BCUT2D eigenvalue weighted by atomic mass is 19.4. The molecule has 0 bridgehead atoms. The molecule has 0 amide bonds. The number of fused-ring (bicyclic) bond motifs is 1. The Morgan fingerprint density at radius 1 is 0.964 bits per heavy atom. The topological polar surface area (TPSA) is 55.6 Å². The molecule has 0 aliphatic rings. The molecule has 0 spiro atoms. The predicted octanol–water partition coefficient (Wildman–Crippen LogP) is 5.03. The second-order valence-corrected chi connectivity index (χ2v) is 6.09. The first-order chi connectivity index (χ1) is 13.3. The van der Waals surface area contributed by atoms with Crippen LogP contribution in [0.1, 0.15) is 11.4 Å². The molecule has 2 heterocycles. The molecular weight excluding hydrogens is 374 g/mol. The average molecular weight is 387 g/mol. The quantitative estimate of drug-likeness (QED) is 0.501. The summed E-state index contributed by atoms with van der Waals surface area (Å²) in [6, 6.07) is 8.84. The van der Waals surface area contributed by atoms with Crippen LogP contribution in [0.15, 0.2) is 54.9 Å². The lowest BCUT2D eigenvalue weighted by molar-refractivity contribution is -0.137. The Kier molecular flexibility index (Phi) is 4.21. The largest absolute Gasteiger partial charge is 0.416 e. The molecule has 28 heavy (non-hydrogen) atoms. The molecule has 1 N–H and O–H groups in total. The lowest BCUT2D eigenvalue weighted by atomic mass is 10.2. The second-order valence-electron chi connectivity index (χ2n) is 6.09. The Hall–Kier alpha value is -3.49. The summed E-state index contributed by atoms with van der Waals surface area (Å²) in [5.41, 5.74) is 0.846. The highest BCUT2D eigenvalue weighted by Gasteiger charge is 2.29. The number of aryl methyl sites for hydroxylation is 1. The van der Waals surface area contributed by atoms with Crippen LogP contribution in [0.5, 0.6) is 0 Å². The second kappa shape index (κ2) is 6.59. The zero-order valence-corrected chi connectivity index (χ0v) is 14.5. The number of imidazole rings is 1. The maximum Gasteiger partial charge on any atom is 0.416 e.